The lowest BCUT2D eigenvalue weighted by Crippen LogP contribution is -2.30. The lowest BCUT2D eigenvalue weighted by Gasteiger charge is -2.15. The summed E-state index contributed by atoms with van der Waals surface area (Å²) in [6, 6.07) is 17.9. The second-order valence-electron chi connectivity index (χ2n) is 8.41. The number of rotatable bonds is 9. The summed E-state index contributed by atoms with van der Waals surface area (Å²) >= 11 is 3.70. The van der Waals surface area contributed by atoms with Gasteiger partial charge in [-0.1, -0.05) is 36.9 Å². The standard InChI is InChI=1S/C28H27IN2O5S/c1-3-17-5-8-20(9-6-17)30-28-31-27(32)25(37-28)14-19-11-21(29)26(24(13-19)33-4-2)34-15-18-7-10-22-23(12-18)36-16-35-22/h5-14,28,30H,3-4,15-16H2,1-2H3,(H,31,32)/b25-14-/t28-/m0/s1. The molecular weight excluding hydrogens is 603 g/mol. The van der Waals surface area contributed by atoms with Gasteiger partial charge in [0.1, 0.15) is 6.61 Å². The van der Waals surface area contributed by atoms with Crippen LogP contribution in [0.3, 0.4) is 0 Å². The van der Waals surface area contributed by atoms with Gasteiger partial charge in [0, 0.05) is 5.69 Å². The first-order valence-corrected chi connectivity index (χ1v) is 14.0. The molecule has 2 N–H and O–H groups in total. The Bertz CT molecular complexity index is 1330. The topological polar surface area (TPSA) is 78.1 Å². The molecule has 1 atom stereocenters. The fraction of sp³-hybridized carbons (Fsp3) is 0.250. The summed E-state index contributed by atoms with van der Waals surface area (Å²) in [6.45, 7) is 5.15. The molecule has 9 heteroatoms. The van der Waals surface area contributed by atoms with Gasteiger partial charge in [0.25, 0.3) is 5.91 Å². The Morgan fingerprint density at radius 1 is 1.05 bits per heavy atom. The van der Waals surface area contributed by atoms with Crippen molar-refractivity contribution in [3.8, 4) is 23.0 Å². The molecule has 192 valence electrons. The molecule has 2 aliphatic rings. The van der Waals surface area contributed by atoms with Gasteiger partial charge in [-0.15, -0.1) is 0 Å². The molecule has 0 aromatic heterocycles. The second-order valence-corrected chi connectivity index (χ2v) is 10.7. The molecule has 0 unspecified atom stereocenters. The van der Waals surface area contributed by atoms with Crippen LogP contribution in [-0.2, 0) is 17.8 Å². The molecule has 5 rings (SSSR count). The van der Waals surface area contributed by atoms with E-state index in [9.17, 15) is 4.79 Å². The van der Waals surface area contributed by atoms with E-state index < -0.39 is 0 Å². The monoisotopic (exact) mass is 630 g/mol. The summed E-state index contributed by atoms with van der Waals surface area (Å²) in [4.78, 5) is 13.3. The zero-order chi connectivity index (χ0) is 25.8. The highest BCUT2D eigenvalue weighted by molar-refractivity contribution is 14.1. The lowest BCUT2D eigenvalue weighted by atomic mass is 10.1. The van der Waals surface area contributed by atoms with Crippen molar-refractivity contribution in [2.75, 3.05) is 18.7 Å². The number of anilines is 1. The number of nitrogens with one attached hydrogen (secondary N) is 2. The van der Waals surface area contributed by atoms with Gasteiger partial charge in [-0.05, 0) is 95.1 Å². The van der Waals surface area contributed by atoms with Crippen LogP contribution in [0.15, 0.2) is 59.5 Å². The number of carbonyl (C=O) groups excluding carboxylic acids is 1. The number of hydrogen-bond acceptors (Lipinski definition) is 7. The summed E-state index contributed by atoms with van der Waals surface area (Å²) in [7, 11) is 0. The molecule has 0 radical (unpaired) electrons. The van der Waals surface area contributed by atoms with Gasteiger partial charge in [0.05, 0.1) is 15.1 Å². The number of fused-ring (bicyclic) bond motifs is 1. The van der Waals surface area contributed by atoms with E-state index in [4.69, 9.17) is 18.9 Å². The Morgan fingerprint density at radius 2 is 1.84 bits per heavy atom. The molecule has 0 aliphatic carbocycles. The Hall–Kier alpha value is -3.05. The maximum Gasteiger partial charge on any atom is 0.260 e. The number of aryl methyl sites for hydroxylation is 1. The van der Waals surface area contributed by atoms with Crippen molar-refractivity contribution in [3.63, 3.8) is 0 Å². The van der Waals surface area contributed by atoms with Crippen LogP contribution in [0.2, 0.25) is 0 Å². The summed E-state index contributed by atoms with van der Waals surface area (Å²) in [5.41, 5.74) is 3.84. The highest BCUT2D eigenvalue weighted by Gasteiger charge is 2.27. The second kappa shape index (κ2) is 11.6. The third-order valence-electron chi connectivity index (χ3n) is 5.84. The van der Waals surface area contributed by atoms with Crippen LogP contribution in [0.5, 0.6) is 23.0 Å². The largest absolute Gasteiger partial charge is 0.490 e. The van der Waals surface area contributed by atoms with Gasteiger partial charge >= 0.3 is 0 Å². The van der Waals surface area contributed by atoms with E-state index >= 15 is 0 Å². The third-order valence-corrected chi connectivity index (χ3v) is 7.67. The number of ether oxygens (including phenoxy) is 4. The lowest BCUT2D eigenvalue weighted by molar-refractivity contribution is -0.116. The molecule has 1 amide bonds. The predicted octanol–water partition coefficient (Wildman–Crippen LogP) is 6.16. The summed E-state index contributed by atoms with van der Waals surface area (Å²) < 4.78 is 23.8. The molecule has 0 bridgehead atoms. The average molecular weight is 631 g/mol. The van der Waals surface area contributed by atoms with E-state index in [1.807, 2.05) is 55.5 Å². The Balaban J connectivity index is 1.30. The molecule has 2 heterocycles. The van der Waals surface area contributed by atoms with Crippen LogP contribution < -0.4 is 29.6 Å². The molecule has 3 aromatic carbocycles. The predicted molar refractivity (Wildman–Crippen MR) is 154 cm³/mol. The normalized spacial score (nSPS) is 17.1. The van der Waals surface area contributed by atoms with Gasteiger partial charge in [0.2, 0.25) is 6.79 Å². The molecule has 1 saturated heterocycles. The highest BCUT2D eigenvalue weighted by Crippen LogP contribution is 2.38. The van der Waals surface area contributed by atoms with Crippen LogP contribution in [0, 0.1) is 3.57 Å². The molecular formula is C28H27IN2O5S. The average Bonchev–Trinajstić information content (AvgIpc) is 3.49. The molecule has 3 aromatic rings. The first-order chi connectivity index (χ1) is 18.0. The van der Waals surface area contributed by atoms with E-state index in [2.05, 4.69) is 52.3 Å². The summed E-state index contributed by atoms with van der Waals surface area (Å²) in [6.07, 6.45) is 2.88. The minimum absolute atomic E-state index is 0.108. The zero-order valence-corrected chi connectivity index (χ0v) is 23.5. The Labute approximate surface area is 234 Å². The highest BCUT2D eigenvalue weighted by atomic mass is 127. The van der Waals surface area contributed by atoms with Gasteiger partial charge in [-0.2, -0.15) is 0 Å². The third kappa shape index (κ3) is 6.10. The van der Waals surface area contributed by atoms with E-state index in [0.29, 0.717) is 29.6 Å². The van der Waals surface area contributed by atoms with Crippen LogP contribution >= 0.6 is 34.4 Å². The molecule has 7 nitrogen and oxygen atoms in total. The molecule has 0 spiro atoms. The molecule has 37 heavy (non-hydrogen) atoms. The van der Waals surface area contributed by atoms with Crippen molar-refractivity contribution < 1.29 is 23.7 Å². The summed E-state index contributed by atoms with van der Waals surface area (Å²) in [5.74, 6) is 2.66. The van der Waals surface area contributed by atoms with Gasteiger partial charge in [0.15, 0.2) is 28.5 Å². The van der Waals surface area contributed by atoms with Crippen LogP contribution in [0.1, 0.15) is 30.5 Å². The molecule has 1 fully saturated rings. The number of halogens is 1. The number of thioether (sulfide) groups is 1. The van der Waals surface area contributed by atoms with E-state index in [1.54, 1.807) is 0 Å². The van der Waals surface area contributed by atoms with Crippen molar-refractivity contribution in [3.05, 3.63) is 79.8 Å². The Kier molecular flexibility index (Phi) is 7.99. The zero-order valence-electron chi connectivity index (χ0n) is 20.5. The minimum Gasteiger partial charge on any atom is -0.490 e. The SMILES string of the molecule is CCOc1cc(/C=C2\S[C@@H](Nc3ccc(CC)cc3)NC2=O)cc(I)c1OCc1ccc2c(c1)OCO2. The number of carbonyl (C=O) groups is 1. The maximum absolute atomic E-state index is 12.7. The fourth-order valence-electron chi connectivity index (χ4n) is 3.97. The number of benzene rings is 3. The van der Waals surface area contributed by atoms with Crippen LogP contribution in [0.25, 0.3) is 6.08 Å². The van der Waals surface area contributed by atoms with E-state index in [1.165, 1.54) is 17.3 Å². The van der Waals surface area contributed by atoms with Crippen LogP contribution in [0.4, 0.5) is 5.69 Å². The van der Waals surface area contributed by atoms with Gasteiger partial charge in [-0.25, -0.2) is 0 Å². The fourth-order valence-corrected chi connectivity index (χ4v) is 5.73. The number of hydrogen-bond donors (Lipinski definition) is 2. The van der Waals surface area contributed by atoms with Gasteiger partial charge in [-0.3, -0.25) is 4.79 Å². The van der Waals surface area contributed by atoms with Crippen molar-refractivity contribution in [2.45, 2.75) is 32.4 Å². The molecule has 2 aliphatic heterocycles. The minimum atomic E-state index is -0.235. The van der Waals surface area contributed by atoms with Crippen molar-refractivity contribution in [1.29, 1.82) is 0 Å². The quantitative estimate of drug-likeness (QED) is 0.217. The van der Waals surface area contributed by atoms with Crippen molar-refractivity contribution >= 4 is 52.0 Å². The Morgan fingerprint density at radius 3 is 2.62 bits per heavy atom. The van der Waals surface area contributed by atoms with E-state index in [-0.39, 0.29) is 18.2 Å². The maximum atomic E-state index is 12.7. The van der Waals surface area contributed by atoms with Crippen molar-refractivity contribution in [2.24, 2.45) is 0 Å². The smallest absolute Gasteiger partial charge is 0.260 e. The van der Waals surface area contributed by atoms with Crippen molar-refractivity contribution in [1.82, 2.24) is 5.32 Å². The summed E-state index contributed by atoms with van der Waals surface area (Å²) in [5, 5.41) is 6.36. The number of amides is 1. The first kappa shape index (κ1) is 25.6. The first-order valence-electron chi connectivity index (χ1n) is 12.0. The van der Waals surface area contributed by atoms with Gasteiger partial charge < -0.3 is 29.6 Å². The van der Waals surface area contributed by atoms with Crippen LogP contribution in [-0.4, -0.2) is 24.8 Å². The van der Waals surface area contributed by atoms with E-state index in [0.717, 1.165) is 38.3 Å². The molecule has 0 saturated carbocycles.